The number of amides is 2. The van der Waals surface area contributed by atoms with Crippen LogP contribution in [0.3, 0.4) is 0 Å². The molecule has 142 valence electrons. The van der Waals surface area contributed by atoms with Gasteiger partial charge in [-0.25, -0.2) is 9.67 Å². The summed E-state index contributed by atoms with van der Waals surface area (Å²) in [6.07, 6.45) is 8.10. The summed E-state index contributed by atoms with van der Waals surface area (Å²) in [5.41, 5.74) is 1.54. The topological polar surface area (TPSA) is 71.3 Å². The molecule has 7 heteroatoms. The second kappa shape index (κ2) is 7.90. The quantitative estimate of drug-likeness (QED) is 0.833. The number of aromatic nitrogens is 3. The van der Waals surface area contributed by atoms with E-state index in [-0.39, 0.29) is 11.8 Å². The number of likely N-dealkylation sites (tertiary alicyclic amines) is 2. The summed E-state index contributed by atoms with van der Waals surface area (Å²) in [6.45, 7) is 3.09. The van der Waals surface area contributed by atoms with Crippen molar-refractivity contribution in [3.63, 3.8) is 0 Å². The Kier molecular flexibility index (Phi) is 5.18. The molecule has 2 saturated heterocycles. The minimum Gasteiger partial charge on any atom is -0.342 e. The zero-order valence-electron chi connectivity index (χ0n) is 15.5. The predicted molar refractivity (Wildman–Crippen MR) is 100 cm³/mol. The van der Waals surface area contributed by atoms with Crippen LogP contribution in [0.2, 0.25) is 0 Å². The normalized spacial score (nSPS) is 18.5. The zero-order valence-corrected chi connectivity index (χ0v) is 15.5. The number of carbonyl (C=O) groups is 2. The van der Waals surface area contributed by atoms with Crippen LogP contribution in [0.15, 0.2) is 36.9 Å². The van der Waals surface area contributed by atoms with Crippen LogP contribution in [-0.4, -0.2) is 62.6 Å². The molecule has 0 spiro atoms. The molecule has 1 aromatic carbocycles. The first-order chi connectivity index (χ1) is 13.2. The molecule has 0 aliphatic carbocycles. The number of rotatable bonds is 3. The minimum absolute atomic E-state index is 0.0315. The average Bonchev–Trinajstić information content (AvgIpc) is 3.28. The summed E-state index contributed by atoms with van der Waals surface area (Å²) >= 11 is 0. The van der Waals surface area contributed by atoms with Gasteiger partial charge in [-0.1, -0.05) is 0 Å². The summed E-state index contributed by atoms with van der Waals surface area (Å²) in [5.74, 6) is 0.393. The lowest BCUT2D eigenvalue weighted by molar-refractivity contribution is -0.137. The lowest BCUT2D eigenvalue weighted by atomic mass is 9.94. The molecule has 27 heavy (non-hydrogen) atoms. The first-order valence-corrected chi connectivity index (χ1v) is 9.75. The highest BCUT2D eigenvalue weighted by molar-refractivity contribution is 5.94. The molecule has 2 aromatic rings. The Labute approximate surface area is 159 Å². The van der Waals surface area contributed by atoms with Crippen molar-refractivity contribution in [2.45, 2.75) is 32.1 Å². The Morgan fingerprint density at radius 2 is 1.59 bits per heavy atom. The van der Waals surface area contributed by atoms with E-state index in [1.807, 2.05) is 34.1 Å². The standard InChI is InChI=1S/C20H25N5O2/c26-19(16-4-6-18(7-5-16)25-15-21-14-22-25)24-12-8-17(9-13-24)20(27)23-10-2-1-3-11-23/h4-7,14-15,17H,1-3,8-13H2. The van der Waals surface area contributed by atoms with Crippen molar-refractivity contribution >= 4 is 11.8 Å². The van der Waals surface area contributed by atoms with E-state index >= 15 is 0 Å². The number of carbonyl (C=O) groups excluding carboxylic acids is 2. The number of benzene rings is 1. The van der Waals surface area contributed by atoms with Crippen LogP contribution >= 0.6 is 0 Å². The molecule has 1 aromatic heterocycles. The third kappa shape index (κ3) is 3.86. The van der Waals surface area contributed by atoms with Crippen LogP contribution < -0.4 is 0 Å². The molecule has 0 saturated carbocycles. The SMILES string of the molecule is O=C(c1ccc(-n2cncn2)cc1)N1CCC(C(=O)N2CCCCC2)CC1. The predicted octanol–water partition coefficient (Wildman–Crippen LogP) is 2.13. The molecule has 0 bridgehead atoms. The van der Waals surface area contributed by atoms with Gasteiger partial charge in [-0.05, 0) is 56.4 Å². The van der Waals surface area contributed by atoms with Crippen LogP contribution in [-0.2, 0) is 4.79 Å². The van der Waals surface area contributed by atoms with Crippen molar-refractivity contribution in [1.29, 1.82) is 0 Å². The van der Waals surface area contributed by atoms with Gasteiger partial charge in [0.1, 0.15) is 12.7 Å². The van der Waals surface area contributed by atoms with Gasteiger partial charge >= 0.3 is 0 Å². The summed E-state index contributed by atoms with van der Waals surface area (Å²) in [4.78, 5) is 33.2. The Morgan fingerprint density at radius 1 is 0.889 bits per heavy atom. The molecule has 0 unspecified atom stereocenters. The molecule has 0 radical (unpaired) electrons. The Hall–Kier alpha value is -2.70. The van der Waals surface area contributed by atoms with Gasteiger partial charge in [0.25, 0.3) is 5.91 Å². The maximum Gasteiger partial charge on any atom is 0.253 e. The maximum atomic E-state index is 12.8. The molecule has 4 rings (SSSR count). The third-order valence-corrected chi connectivity index (χ3v) is 5.60. The van der Waals surface area contributed by atoms with Gasteiger partial charge in [-0.15, -0.1) is 0 Å². The Bertz CT molecular complexity index is 773. The Morgan fingerprint density at radius 3 is 2.22 bits per heavy atom. The lowest BCUT2D eigenvalue weighted by Gasteiger charge is -2.35. The van der Waals surface area contributed by atoms with E-state index in [9.17, 15) is 9.59 Å². The monoisotopic (exact) mass is 367 g/mol. The second-order valence-electron chi connectivity index (χ2n) is 7.34. The highest BCUT2D eigenvalue weighted by atomic mass is 16.2. The highest BCUT2D eigenvalue weighted by Gasteiger charge is 2.30. The zero-order chi connectivity index (χ0) is 18.6. The van der Waals surface area contributed by atoms with Crippen molar-refractivity contribution < 1.29 is 9.59 Å². The van der Waals surface area contributed by atoms with Gasteiger partial charge in [0.2, 0.25) is 5.91 Å². The third-order valence-electron chi connectivity index (χ3n) is 5.60. The van der Waals surface area contributed by atoms with Crippen molar-refractivity contribution in [2.24, 2.45) is 5.92 Å². The van der Waals surface area contributed by atoms with Gasteiger partial charge < -0.3 is 9.80 Å². The Balaban J connectivity index is 1.33. The summed E-state index contributed by atoms with van der Waals surface area (Å²) in [7, 11) is 0. The molecular formula is C20H25N5O2. The van der Waals surface area contributed by atoms with Crippen molar-refractivity contribution in [3.05, 3.63) is 42.5 Å². The van der Waals surface area contributed by atoms with E-state index < -0.39 is 0 Å². The molecule has 0 N–H and O–H groups in total. The van der Waals surface area contributed by atoms with E-state index in [2.05, 4.69) is 10.1 Å². The molecule has 2 amide bonds. The fourth-order valence-corrected chi connectivity index (χ4v) is 3.98. The summed E-state index contributed by atoms with van der Waals surface area (Å²) in [6, 6.07) is 7.39. The number of hydrogen-bond donors (Lipinski definition) is 0. The summed E-state index contributed by atoms with van der Waals surface area (Å²) in [5, 5.41) is 4.09. The fourth-order valence-electron chi connectivity index (χ4n) is 3.98. The molecule has 3 heterocycles. The van der Waals surface area contributed by atoms with Gasteiger partial charge in [-0.2, -0.15) is 5.10 Å². The average molecular weight is 367 g/mol. The number of hydrogen-bond acceptors (Lipinski definition) is 4. The number of nitrogens with zero attached hydrogens (tertiary/aromatic N) is 5. The van der Waals surface area contributed by atoms with Gasteiger partial charge in [0.15, 0.2) is 0 Å². The molecule has 7 nitrogen and oxygen atoms in total. The van der Waals surface area contributed by atoms with Crippen molar-refractivity contribution in [2.75, 3.05) is 26.2 Å². The smallest absolute Gasteiger partial charge is 0.253 e. The van der Waals surface area contributed by atoms with Crippen LogP contribution in [0.5, 0.6) is 0 Å². The van der Waals surface area contributed by atoms with E-state index in [0.717, 1.165) is 44.5 Å². The van der Waals surface area contributed by atoms with Crippen LogP contribution in [0.25, 0.3) is 5.69 Å². The first kappa shape index (κ1) is 17.7. The van der Waals surface area contributed by atoms with Crippen LogP contribution in [0.1, 0.15) is 42.5 Å². The number of piperidine rings is 2. The molecule has 2 aliphatic rings. The van der Waals surface area contributed by atoms with Crippen molar-refractivity contribution in [3.8, 4) is 5.69 Å². The van der Waals surface area contributed by atoms with E-state index in [1.54, 1.807) is 11.0 Å². The molecule has 2 aliphatic heterocycles. The summed E-state index contributed by atoms with van der Waals surface area (Å²) < 4.78 is 1.66. The second-order valence-corrected chi connectivity index (χ2v) is 7.34. The maximum absolute atomic E-state index is 12.8. The molecule has 0 atom stereocenters. The largest absolute Gasteiger partial charge is 0.342 e. The minimum atomic E-state index is 0.0315. The molecular weight excluding hydrogens is 342 g/mol. The van der Waals surface area contributed by atoms with Crippen molar-refractivity contribution in [1.82, 2.24) is 24.6 Å². The van der Waals surface area contributed by atoms with E-state index in [1.165, 1.54) is 12.7 Å². The molecule has 2 fully saturated rings. The van der Waals surface area contributed by atoms with Gasteiger partial charge in [0, 0.05) is 37.7 Å². The highest BCUT2D eigenvalue weighted by Crippen LogP contribution is 2.23. The lowest BCUT2D eigenvalue weighted by Crippen LogP contribution is -2.45. The van der Waals surface area contributed by atoms with E-state index in [0.29, 0.717) is 24.6 Å². The van der Waals surface area contributed by atoms with E-state index in [4.69, 9.17) is 0 Å². The van der Waals surface area contributed by atoms with Gasteiger partial charge in [-0.3, -0.25) is 9.59 Å². The van der Waals surface area contributed by atoms with Gasteiger partial charge in [0.05, 0.1) is 5.69 Å². The first-order valence-electron chi connectivity index (χ1n) is 9.75. The van der Waals surface area contributed by atoms with Crippen LogP contribution in [0.4, 0.5) is 0 Å². The van der Waals surface area contributed by atoms with Crippen LogP contribution in [0, 0.1) is 5.92 Å². The fraction of sp³-hybridized carbons (Fsp3) is 0.500.